The zero-order valence-electron chi connectivity index (χ0n) is 9.24. The van der Waals surface area contributed by atoms with Gasteiger partial charge in [-0.3, -0.25) is 4.79 Å². The van der Waals surface area contributed by atoms with Gasteiger partial charge < -0.3 is 4.74 Å². The second kappa shape index (κ2) is 5.14. The first-order valence-corrected chi connectivity index (χ1v) is 5.85. The average Bonchev–Trinajstić information content (AvgIpc) is 2.34. The standard InChI is InChI=1S/C12H11BrN2O2/c1-17-10-4-2-3-8(6-10)5-9-7-11(13)12(16)15-14-9/h2-4,6-7H,5H2,1H3,(H,15,16). The summed E-state index contributed by atoms with van der Waals surface area (Å²) < 4.78 is 5.64. The quantitative estimate of drug-likeness (QED) is 0.943. The van der Waals surface area contributed by atoms with Gasteiger partial charge >= 0.3 is 0 Å². The smallest absolute Gasteiger partial charge is 0.278 e. The van der Waals surface area contributed by atoms with Crippen LogP contribution in [0.5, 0.6) is 5.75 Å². The van der Waals surface area contributed by atoms with Crippen molar-refractivity contribution < 1.29 is 4.74 Å². The molecule has 2 rings (SSSR count). The average molecular weight is 295 g/mol. The summed E-state index contributed by atoms with van der Waals surface area (Å²) >= 11 is 3.18. The summed E-state index contributed by atoms with van der Waals surface area (Å²) in [7, 11) is 1.63. The molecule has 1 N–H and O–H groups in total. The lowest BCUT2D eigenvalue weighted by Gasteiger charge is -2.04. The Morgan fingerprint density at radius 1 is 1.41 bits per heavy atom. The molecule has 0 saturated carbocycles. The molecule has 0 saturated heterocycles. The fraction of sp³-hybridized carbons (Fsp3) is 0.167. The van der Waals surface area contributed by atoms with Crippen molar-refractivity contribution in [1.82, 2.24) is 10.2 Å². The Morgan fingerprint density at radius 2 is 2.24 bits per heavy atom. The van der Waals surface area contributed by atoms with E-state index in [1.54, 1.807) is 13.2 Å². The van der Waals surface area contributed by atoms with Gasteiger partial charge in [-0.15, -0.1) is 0 Å². The number of halogens is 1. The van der Waals surface area contributed by atoms with Crippen LogP contribution in [0, 0.1) is 0 Å². The highest BCUT2D eigenvalue weighted by atomic mass is 79.9. The number of benzene rings is 1. The Balaban J connectivity index is 2.25. The number of methoxy groups -OCH3 is 1. The van der Waals surface area contributed by atoms with Crippen molar-refractivity contribution in [2.24, 2.45) is 0 Å². The van der Waals surface area contributed by atoms with Crippen molar-refractivity contribution >= 4 is 15.9 Å². The second-order valence-corrected chi connectivity index (χ2v) is 4.42. The maximum atomic E-state index is 11.1. The molecular formula is C12H11BrN2O2. The maximum absolute atomic E-state index is 11.1. The van der Waals surface area contributed by atoms with E-state index < -0.39 is 0 Å². The predicted molar refractivity (Wildman–Crippen MR) is 68.4 cm³/mol. The number of ether oxygens (including phenoxy) is 1. The summed E-state index contributed by atoms with van der Waals surface area (Å²) in [6.07, 6.45) is 0.645. The molecule has 2 aromatic rings. The molecule has 0 aliphatic carbocycles. The number of rotatable bonds is 3. The monoisotopic (exact) mass is 294 g/mol. The maximum Gasteiger partial charge on any atom is 0.278 e. The molecule has 0 amide bonds. The lowest BCUT2D eigenvalue weighted by molar-refractivity contribution is 0.414. The van der Waals surface area contributed by atoms with Gasteiger partial charge in [-0.05, 0) is 39.7 Å². The Hall–Kier alpha value is -1.62. The molecule has 1 heterocycles. The molecular weight excluding hydrogens is 284 g/mol. The van der Waals surface area contributed by atoms with Gasteiger partial charge in [0.1, 0.15) is 5.75 Å². The molecule has 17 heavy (non-hydrogen) atoms. The number of H-pyrrole nitrogens is 1. The molecule has 88 valence electrons. The van der Waals surface area contributed by atoms with E-state index >= 15 is 0 Å². The number of nitrogens with zero attached hydrogens (tertiary/aromatic N) is 1. The van der Waals surface area contributed by atoms with Crippen molar-refractivity contribution in [3.63, 3.8) is 0 Å². The molecule has 0 spiro atoms. The molecule has 0 atom stereocenters. The highest BCUT2D eigenvalue weighted by Crippen LogP contribution is 2.15. The number of hydrogen-bond acceptors (Lipinski definition) is 3. The van der Waals surface area contributed by atoms with Crippen molar-refractivity contribution in [3.8, 4) is 5.75 Å². The first kappa shape index (κ1) is 11.9. The SMILES string of the molecule is COc1cccc(Cc2cc(Br)c(=O)[nH]n2)c1. The molecule has 0 aliphatic rings. The molecule has 1 aromatic heterocycles. The zero-order valence-corrected chi connectivity index (χ0v) is 10.8. The lowest BCUT2D eigenvalue weighted by atomic mass is 10.1. The van der Waals surface area contributed by atoms with Crippen LogP contribution in [0.1, 0.15) is 11.3 Å². The molecule has 0 unspecified atom stereocenters. The van der Waals surface area contributed by atoms with Crippen LogP contribution in [0.2, 0.25) is 0 Å². The summed E-state index contributed by atoms with van der Waals surface area (Å²) in [6.45, 7) is 0. The minimum atomic E-state index is -0.223. The first-order chi connectivity index (χ1) is 8.19. The Morgan fingerprint density at radius 3 is 2.94 bits per heavy atom. The van der Waals surface area contributed by atoms with E-state index in [0.29, 0.717) is 10.9 Å². The highest BCUT2D eigenvalue weighted by molar-refractivity contribution is 9.10. The fourth-order valence-corrected chi connectivity index (χ4v) is 1.86. The van der Waals surface area contributed by atoms with Crippen molar-refractivity contribution in [3.05, 3.63) is 56.4 Å². The van der Waals surface area contributed by atoms with E-state index in [-0.39, 0.29) is 5.56 Å². The van der Waals surface area contributed by atoms with Crippen molar-refractivity contribution in [2.45, 2.75) is 6.42 Å². The van der Waals surface area contributed by atoms with Crippen LogP contribution in [0.4, 0.5) is 0 Å². The van der Waals surface area contributed by atoms with Crippen molar-refractivity contribution in [2.75, 3.05) is 7.11 Å². The summed E-state index contributed by atoms with van der Waals surface area (Å²) in [5.74, 6) is 0.811. The van der Waals surface area contributed by atoms with E-state index in [4.69, 9.17) is 4.74 Å². The third-order valence-corrected chi connectivity index (χ3v) is 2.92. The second-order valence-electron chi connectivity index (χ2n) is 3.56. The minimum Gasteiger partial charge on any atom is -0.497 e. The van der Waals surface area contributed by atoms with Gasteiger partial charge in [0.15, 0.2) is 0 Å². The first-order valence-electron chi connectivity index (χ1n) is 5.06. The van der Waals surface area contributed by atoms with Gasteiger partial charge in [-0.2, -0.15) is 5.10 Å². The minimum absolute atomic E-state index is 0.223. The van der Waals surface area contributed by atoms with Gasteiger partial charge in [0.2, 0.25) is 0 Å². The Labute approximate surface area is 107 Å². The topological polar surface area (TPSA) is 55.0 Å². The molecule has 0 fully saturated rings. The van der Waals surface area contributed by atoms with Crippen LogP contribution >= 0.6 is 15.9 Å². The van der Waals surface area contributed by atoms with Crippen LogP contribution in [0.25, 0.3) is 0 Å². The van der Waals surface area contributed by atoms with Crippen molar-refractivity contribution in [1.29, 1.82) is 0 Å². The summed E-state index contributed by atoms with van der Waals surface area (Å²) in [5.41, 5.74) is 1.65. The Kier molecular flexibility index (Phi) is 3.58. The number of aromatic amines is 1. The fourth-order valence-electron chi connectivity index (χ4n) is 1.50. The van der Waals surface area contributed by atoms with E-state index in [2.05, 4.69) is 26.1 Å². The highest BCUT2D eigenvalue weighted by Gasteiger charge is 2.02. The molecule has 5 heteroatoms. The lowest BCUT2D eigenvalue weighted by Crippen LogP contribution is -2.10. The van der Waals surface area contributed by atoms with E-state index in [1.165, 1.54) is 0 Å². The van der Waals surface area contributed by atoms with Gasteiger partial charge in [0.05, 0.1) is 17.3 Å². The largest absolute Gasteiger partial charge is 0.497 e. The third-order valence-electron chi connectivity index (χ3n) is 2.33. The number of aromatic nitrogens is 2. The van der Waals surface area contributed by atoms with Crippen LogP contribution in [-0.4, -0.2) is 17.3 Å². The molecule has 0 radical (unpaired) electrons. The molecule has 1 aromatic carbocycles. The third kappa shape index (κ3) is 2.94. The predicted octanol–water partition coefficient (Wildman–Crippen LogP) is 2.13. The normalized spacial score (nSPS) is 10.2. The Bertz CT molecular complexity index is 581. The molecule has 0 bridgehead atoms. The number of nitrogens with one attached hydrogen (secondary N) is 1. The van der Waals surface area contributed by atoms with E-state index in [0.717, 1.165) is 17.0 Å². The van der Waals surface area contributed by atoms with Crippen LogP contribution in [0.3, 0.4) is 0 Å². The molecule has 0 aliphatic heterocycles. The van der Waals surface area contributed by atoms with Gasteiger partial charge in [-0.25, -0.2) is 5.10 Å². The van der Waals surface area contributed by atoms with Crippen LogP contribution < -0.4 is 10.3 Å². The van der Waals surface area contributed by atoms with Gasteiger partial charge in [0.25, 0.3) is 5.56 Å². The van der Waals surface area contributed by atoms with Gasteiger partial charge in [-0.1, -0.05) is 12.1 Å². The van der Waals surface area contributed by atoms with Crippen LogP contribution in [0.15, 0.2) is 39.6 Å². The van der Waals surface area contributed by atoms with E-state index in [1.807, 2.05) is 24.3 Å². The zero-order chi connectivity index (χ0) is 12.3. The summed E-state index contributed by atoms with van der Waals surface area (Å²) in [5, 5.41) is 6.41. The van der Waals surface area contributed by atoms with E-state index in [9.17, 15) is 4.79 Å². The number of hydrogen-bond donors (Lipinski definition) is 1. The van der Waals surface area contributed by atoms with Crippen LogP contribution in [-0.2, 0) is 6.42 Å². The summed E-state index contributed by atoms with van der Waals surface area (Å²) in [4.78, 5) is 11.1. The van der Waals surface area contributed by atoms with Gasteiger partial charge in [0, 0.05) is 6.42 Å². The molecule has 4 nitrogen and oxygen atoms in total. The summed E-state index contributed by atoms with van der Waals surface area (Å²) in [6, 6.07) is 9.47.